The van der Waals surface area contributed by atoms with Crippen molar-refractivity contribution in [3.05, 3.63) is 0 Å². The summed E-state index contributed by atoms with van der Waals surface area (Å²) in [5, 5.41) is 11.8. The molecule has 3 N–H and O–H groups in total. The molecule has 0 rings (SSSR count). The summed E-state index contributed by atoms with van der Waals surface area (Å²) in [7, 11) is 1.30. The Bertz CT molecular complexity index is 421. The lowest BCUT2D eigenvalue weighted by molar-refractivity contribution is -0.138. The number of unbranched alkanes of at least 4 members (excludes halogenated alkanes) is 15. The predicted octanol–water partition coefficient (Wildman–Crippen LogP) is 5.26. The van der Waals surface area contributed by atoms with Crippen LogP contribution in [-0.4, -0.2) is 44.0 Å². The van der Waals surface area contributed by atoms with Crippen molar-refractivity contribution in [2.24, 2.45) is 5.92 Å². The van der Waals surface area contributed by atoms with E-state index in [0.717, 1.165) is 12.8 Å². The molecule has 0 aliphatic heterocycles. The minimum atomic E-state index is -0.832. The van der Waals surface area contributed by atoms with Crippen molar-refractivity contribution < 1.29 is 24.3 Å². The molecule has 0 aromatic heterocycles. The molecule has 7 nitrogen and oxygen atoms in total. The van der Waals surface area contributed by atoms with Crippen molar-refractivity contribution in [2.45, 2.75) is 110 Å². The van der Waals surface area contributed by atoms with Gasteiger partial charge in [-0.3, -0.25) is 9.63 Å². The van der Waals surface area contributed by atoms with Crippen LogP contribution in [-0.2, 0) is 14.4 Å². The molecule has 0 spiro atoms. The number of nitrogens with one attached hydrogen (secondary N) is 2. The number of hydroxylamine groups is 1. The van der Waals surface area contributed by atoms with Gasteiger partial charge in [-0.15, -0.1) is 0 Å². The summed E-state index contributed by atoms with van der Waals surface area (Å²) in [6.07, 6.45) is 20.5. The number of carbonyl (C=O) groups excluding carboxylic acids is 2. The first-order valence-corrected chi connectivity index (χ1v) is 12.5. The van der Waals surface area contributed by atoms with E-state index in [9.17, 15) is 9.59 Å². The van der Waals surface area contributed by atoms with Crippen molar-refractivity contribution in [3.63, 3.8) is 0 Å². The van der Waals surface area contributed by atoms with Crippen molar-refractivity contribution >= 4 is 12.0 Å². The highest BCUT2D eigenvalue weighted by molar-refractivity contribution is 5.78. The summed E-state index contributed by atoms with van der Waals surface area (Å²) >= 11 is 0. The van der Waals surface area contributed by atoms with Gasteiger partial charge in [-0.1, -0.05) is 103 Å². The smallest absolute Gasteiger partial charge is 0.407 e. The monoisotopic (exact) mass is 444 g/mol. The molecule has 0 saturated carbocycles. The van der Waals surface area contributed by atoms with E-state index in [-0.39, 0.29) is 6.61 Å². The molecule has 1 unspecified atom stereocenters. The van der Waals surface area contributed by atoms with Gasteiger partial charge in [-0.25, -0.2) is 10.3 Å². The Morgan fingerprint density at radius 2 is 1.23 bits per heavy atom. The normalized spacial score (nSPS) is 11.8. The van der Waals surface area contributed by atoms with Crippen LogP contribution in [0.4, 0.5) is 4.79 Å². The molecule has 184 valence electrons. The number of hydrogen-bond donors (Lipinski definition) is 3. The molecule has 7 heteroatoms. The predicted molar refractivity (Wildman–Crippen MR) is 125 cm³/mol. The van der Waals surface area contributed by atoms with Crippen LogP contribution in [0.25, 0.3) is 0 Å². The average molecular weight is 445 g/mol. The Balaban J connectivity index is 3.33. The molecule has 31 heavy (non-hydrogen) atoms. The van der Waals surface area contributed by atoms with Gasteiger partial charge in [0.1, 0.15) is 6.61 Å². The zero-order chi connectivity index (χ0) is 23.0. The molecule has 0 aliphatic rings. The lowest BCUT2D eigenvalue weighted by atomic mass is 10.0. The molecule has 0 heterocycles. The zero-order valence-corrected chi connectivity index (χ0v) is 20.1. The van der Waals surface area contributed by atoms with Crippen LogP contribution in [0.3, 0.4) is 0 Å². The van der Waals surface area contributed by atoms with E-state index in [0.29, 0.717) is 6.54 Å². The lowest BCUT2D eigenvalue weighted by Gasteiger charge is -2.13. The topological polar surface area (TPSA) is 96.9 Å². The van der Waals surface area contributed by atoms with E-state index >= 15 is 0 Å². The first-order chi connectivity index (χ1) is 15.2. The molecule has 0 aliphatic carbocycles. The third kappa shape index (κ3) is 20.3. The van der Waals surface area contributed by atoms with E-state index in [1.807, 2.05) is 0 Å². The highest BCUT2D eigenvalue weighted by atomic mass is 16.6. The van der Waals surface area contributed by atoms with E-state index < -0.39 is 24.5 Å². The van der Waals surface area contributed by atoms with Gasteiger partial charge < -0.3 is 15.2 Å². The SMILES string of the molecule is CCCCCCCCCCCCCCCCCCNC(=O)OCC(CO)C(=O)NOC. The Labute approximate surface area is 190 Å². The van der Waals surface area contributed by atoms with E-state index in [1.165, 1.54) is 97.0 Å². The molecule has 0 radical (unpaired) electrons. The number of aliphatic hydroxyl groups is 1. The number of carbonyl (C=O) groups is 2. The summed E-state index contributed by atoms with van der Waals surface area (Å²) in [5.41, 5.74) is 2.11. The summed E-state index contributed by atoms with van der Waals surface area (Å²) in [6, 6.07) is 0. The zero-order valence-electron chi connectivity index (χ0n) is 20.1. The Hall–Kier alpha value is -1.34. The van der Waals surface area contributed by atoms with Gasteiger partial charge in [0.05, 0.1) is 19.6 Å². The third-order valence-electron chi connectivity index (χ3n) is 5.51. The minimum absolute atomic E-state index is 0.184. The molecular formula is C24H48N2O5. The van der Waals surface area contributed by atoms with Crippen molar-refractivity contribution in [1.82, 2.24) is 10.8 Å². The molecule has 1 atom stereocenters. The van der Waals surface area contributed by atoms with Gasteiger partial charge in [-0.2, -0.15) is 0 Å². The van der Waals surface area contributed by atoms with Crippen LogP contribution in [0.2, 0.25) is 0 Å². The van der Waals surface area contributed by atoms with Gasteiger partial charge in [0.25, 0.3) is 5.91 Å². The number of aliphatic hydroxyl groups excluding tert-OH is 1. The van der Waals surface area contributed by atoms with E-state index in [2.05, 4.69) is 22.6 Å². The number of alkyl carbamates (subject to hydrolysis) is 1. The Morgan fingerprint density at radius 3 is 1.65 bits per heavy atom. The van der Waals surface area contributed by atoms with Crippen molar-refractivity contribution in [3.8, 4) is 0 Å². The summed E-state index contributed by atoms with van der Waals surface area (Å²) < 4.78 is 4.96. The number of amides is 2. The second-order valence-electron chi connectivity index (χ2n) is 8.38. The Morgan fingerprint density at radius 1 is 0.774 bits per heavy atom. The standard InChI is InChI=1S/C24H48N2O5/c1-3-4-5-6-7-8-9-10-11-12-13-14-15-16-17-18-19-25-24(29)31-21-22(20-27)23(28)26-30-2/h22,27H,3-21H2,1-2H3,(H,25,29)(H,26,28). The van der Waals surface area contributed by atoms with Crippen LogP contribution in [0.5, 0.6) is 0 Å². The summed E-state index contributed by atoms with van der Waals surface area (Å²) in [6.45, 7) is 2.23. The molecule has 0 aromatic carbocycles. The highest BCUT2D eigenvalue weighted by Crippen LogP contribution is 2.13. The molecule has 0 bridgehead atoms. The second-order valence-corrected chi connectivity index (χ2v) is 8.38. The van der Waals surface area contributed by atoms with Crippen LogP contribution in [0.15, 0.2) is 0 Å². The van der Waals surface area contributed by atoms with Crippen molar-refractivity contribution in [2.75, 3.05) is 26.9 Å². The van der Waals surface area contributed by atoms with E-state index in [1.54, 1.807) is 0 Å². The highest BCUT2D eigenvalue weighted by Gasteiger charge is 2.19. The van der Waals surface area contributed by atoms with Crippen LogP contribution in [0, 0.1) is 5.92 Å². The number of rotatable bonds is 22. The first-order valence-electron chi connectivity index (χ1n) is 12.5. The van der Waals surface area contributed by atoms with E-state index in [4.69, 9.17) is 9.84 Å². The lowest BCUT2D eigenvalue weighted by Crippen LogP contribution is -2.36. The molecular weight excluding hydrogens is 396 g/mol. The Kier molecular flexibility index (Phi) is 22.3. The molecule has 2 amide bonds. The van der Waals surface area contributed by atoms with Crippen LogP contribution >= 0.6 is 0 Å². The number of ether oxygens (including phenoxy) is 1. The van der Waals surface area contributed by atoms with Crippen LogP contribution in [0.1, 0.15) is 110 Å². The average Bonchev–Trinajstić information content (AvgIpc) is 2.76. The third-order valence-corrected chi connectivity index (χ3v) is 5.51. The molecule has 0 saturated heterocycles. The maximum absolute atomic E-state index is 11.6. The summed E-state index contributed by atoms with van der Waals surface area (Å²) in [4.78, 5) is 27.6. The van der Waals surface area contributed by atoms with Crippen LogP contribution < -0.4 is 10.8 Å². The van der Waals surface area contributed by atoms with Gasteiger partial charge in [-0.05, 0) is 6.42 Å². The van der Waals surface area contributed by atoms with Gasteiger partial charge in [0.15, 0.2) is 0 Å². The fourth-order valence-electron chi connectivity index (χ4n) is 3.49. The summed E-state index contributed by atoms with van der Waals surface area (Å²) in [5.74, 6) is -1.35. The molecule has 0 fully saturated rings. The fraction of sp³-hybridized carbons (Fsp3) is 0.917. The van der Waals surface area contributed by atoms with Gasteiger partial charge >= 0.3 is 6.09 Å². The largest absolute Gasteiger partial charge is 0.449 e. The molecule has 0 aromatic rings. The van der Waals surface area contributed by atoms with Gasteiger partial charge in [0, 0.05) is 6.54 Å². The van der Waals surface area contributed by atoms with Gasteiger partial charge in [0.2, 0.25) is 0 Å². The van der Waals surface area contributed by atoms with Crippen molar-refractivity contribution in [1.29, 1.82) is 0 Å². The second kappa shape index (κ2) is 23.3. The maximum Gasteiger partial charge on any atom is 0.407 e. The first kappa shape index (κ1) is 29.7. The quantitative estimate of drug-likeness (QED) is 0.156. The minimum Gasteiger partial charge on any atom is -0.449 e. The maximum atomic E-state index is 11.6. The fourth-order valence-corrected chi connectivity index (χ4v) is 3.49. The number of hydrogen-bond acceptors (Lipinski definition) is 5.